The molecule has 1 N–H and O–H groups in total. The molecule has 0 amide bonds. The van der Waals surface area contributed by atoms with Crippen LogP contribution < -0.4 is 0 Å². The van der Waals surface area contributed by atoms with Gasteiger partial charge in [-0.25, -0.2) is 4.79 Å². The van der Waals surface area contributed by atoms with Crippen molar-refractivity contribution in [1.82, 2.24) is 0 Å². The Hall–Kier alpha value is -2.10. The summed E-state index contributed by atoms with van der Waals surface area (Å²) in [4.78, 5) is 21.3. The molecule has 0 aromatic heterocycles. The predicted molar refractivity (Wildman–Crippen MR) is 88.5 cm³/mol. The normalized spacial score (nSPS) is 12.0. The minimum Gasteiger partial charge on any atom is -0.479 e. The lowest BCUT2D eigenvalue weighted by Crippen LogP contribution is -2.12. The van der Waals surface area contributed by atoms with Crippen LogP contribution in [-0.4, -0.2) is 23.7 Å². The van der Waals surface area contributed by atoms with Crippen molar-refractivity contribution in [2.24, 2.45) is 0 Å². The number of rotatable bonds is 12. The van der Waals surface area contributed by atoms with E-state index in [2.05, 4.69) is 48.1 Å². The molecule has 0 aromatic rings. The average molecular weight is 306 g/mol. The third kappa shape index (κ3) is 16.0. The zero-order valence-electron chi connectivity index (χ0n) is 13.2. The zero-order valence-corrected chi connectivity index (χ0v) is 13.2. The number of carbonyl (C=O) groups is 2. The van der Waals surface area contributed by atoms with Crippen molar-refractivity contribution in [1.29, 1.82) is 0 Å². The van der Waals surface area contributed by atoms with Crippen LogP contribution in [0.15, 0.2) is 48.6 Å². The van der Waals surface area contributed by atoms with Crippen molar-refractivity contribution in [3.8, 4) is 0 Å². The van der Waals surface area contributed by atoms with Gasteiger partial charge < -0.3 is 9.84 Å². The predicted octanol–water partition coefficient (Wildman–Crippen LogP) is 4.20. The van der Waals surface area contributed by atoms with E-state index in [0.717, 1.165) is 25.7 Å². The molecule has 0 radical (unpaired) electrons. The number of hydrogen-bond acceptors (Lipinski definition) is 3. The second kappa shape index (κ2) is 15.3. The van der Waals surface area contributed by atoms with Gasteiger partial charge in [-0.2, -0.15) is 0 Å². The second-order valence-corrected chi connectivity index (χ2v) is 4.59. The fourth-order valence-electron chi connectivity index (χ4n) is 1.51. The number of carboxylic acid groups (broad SMARTS) is 1. The molecule has 0 fully saturated rings. The van der Waals surface area contributed by atoms with Crippen molar-refractivity contribution >= 4 is 11.9 Å². The second-order valence-electron chi connectivity index (χ2n) is 4.59. The van der Waals surface area contributed by atoms with E-state index in [4.69, 9.17) is 5.11 Å². The smallest absolute Gasteiger partial charge is 0.341 e. The van der Waals surface area contributed by atoms with Crippen LogP contribution in [-0.2, 0) is 14.3 Å². The Morgan fingerprint density at radius 1 is 0.864 bits per heavy atom. The first kappa shape index (κ1) is 19.9. The summed E-state index contributed by atoms with van der Waals surface area (Å²) in [7, 11) is 0. The highest BCUT2D eigenvalue weighted by Gasteiger charge is 2.03. The Morgan fingerprint density at radius 3 is 1.86 bits per heavy atom. The van der Waals surface area contributed by atoms with Crippen LogP contribution in [0.3, 0.4) is 0 Å². The summed E-state index contributed by atoms with van der Waals surface area (Å²) in [5.74, 6) is -1.62. The topological polar surface area (TPSA) is 63.6 Å². The van der Waals surface area contributed by atoms with E-state index in [1.165, 1.54) is 0 Å². The number of carboxylic acids is 1. The number of hydrogen-bond donors (Lipinski definition) is 1. The number of allylic oxidation sites excluding steroid dienone is 8. The molecule has 0 aromatic carbocycles. The average Bonchev–Trinajstić information content (AvgIpc) is 2.49. The molecule has 0 spiro atoms. The lowest BCUT2D eigenvalue weighted by molar-refractivity contribution is -0.155. The quantitative estimate of drug-likeness (QED) is 0.433. The van der Waals surface area contributed by atoms with Gasteiger partial charge in [0.05, 0.1) is 0 Å². The first-order chi connectivity index (χ1) is 10.7. The third-order valence-corrected chi connectivity index (χ3v) is 2.59. The van der Waals surface area contributed by atoms with Crippen LogP contribution in [0.1, 0.15) is 45.4 Å². The molecule has 0 aliphatic rings. The summed E-state index contributed by atoms with van der Waals surface area (Å²) < 4.78 is 4.51. The third-order valence-electron chi connectivity index (χ3n) is 2.59. The highest BCUT2D eigenvalue weighted by molar-refractivity contribution is 5.75. The molecule has 0 bridgehead atoms. The molecular formula is C18H26O4. The Balaban J connectivity index is 3.53. The van der Waals surface area contributed by atoms with Gasteiger partial charge in [-0.15, -0.1) is 0 Å². The molecule has 0 aliphatic heterocycles. The Morgan fingerprint density at radius 2 is 1.36 bits per heavy atom. The van der Waals surface area contributed by atoms with Crippen molar-refractivity contribution < 1.29 is 19.4 Å². The van der Waals surface area contributed by atoms with E-state index < -0.39 is 18.5 Å². The lowest BCUT2D eigenvalue weighted by atomic mass is 10.2. The van der Waals surface area contributed by atoms with Crippen molar-refractivity contribution in [3.63, 3.8) is 0 Å². The molecular weight excluding hydrogens is 280 g/mol. The zero-order chi connectivity index (χ0) is 16.5. The highest BCUT2D eigenvalue weighted by atomic mass is 16.5. The highest BCUT2D eigenvalue weighted by Crippen LogP contribution is 1.98. The van der Waals surface area contributed by atoms with Gasteiger partial charge in [0, 0.05) is 6.42 Å². The summed E-state index contributed by atoms with van der Waals surface area (Å²) in [5, 5.41) is 8.34. The van der Waals surface area contributed by atoms with E-state index in [1.54, 1.807) is 0 Å². The van der Waals surface area contributed by atoms with Crippen molar-refractivity contribution in [3.05, 3.63) is 48.6 Å². The largest absolute Gasteiger partial charge is 0.479 e. The van der Waals surface area contributed by atoms with Crippen LogP contribution in [0.5, 0.6) is 0 Å². The summed E-state index contributed by atoms with van der Waals surface area (Å²) in [6, 6.07) is 0. The van der Waals surface area contributed by atoms with Gasteiger partial charge in [0.15, 0.2) is 6.61 Å². The van der Waals surface area contributed by atoms with Gasteiger partial charge >= 0.3 is 11.9 Å². The molecule has 0 saturated carbocycles. The van der Waals surface area contributed by atoms with Gasteiger partial charge in [0.1, 0.15) is 0 Å². The van der Waals surface area contributed by atoms with Crippen LogP contribution >= 0.6 is 0 Å². The van der Waals surface area contributed by atoms with E-state index in [-0.39, 0.29) is 6.42 Å². The van der Waals surface area contributed by atoms with Crippen LogP contribution in [0.25, 0.3) is 0 Å². The van der Waals surface area contributed by atoms with E-state index in [1.807, 2.05) is 12.2 Å². The van der Waals surface area contributed by atoms with Gasteiger partial charge in [-0.3, -0.25) is 4.79 Å². The monoisotopic (exact) mass is 306 g/mol. The standard InChI is InChI=1S/C18H26O4/c1-2-3-4-5-6-7-8-9-10-11-12-13-14-15-18(21)22-16-17(19)20/h3-4,6-7,9-10,12-13H,2,5,8,11,14-16H2,1H3,(H,19,20)/b4-3-,7-6-,10-9-,13-12-. The van der Waals surface area contributed by atoms with Gasteiger partial charge in [0.2, 0.25) is 0 Å². The summed E-state index contributed by atoms with van der Waals surface area (Å²) in [6.07, 6.45) is 21.3. The van der Waals surface area contributed by atoms with Crippen molar-refractivity contribution in [2.75, 3.05) is 6.61 Å². The van der Waals surface area contributed by atoms with Gasteiger partial charge in [-0.1, -0.05) is 55.5 Å². The minimum atomic E-state index is -1.13. The maximum Gasteiger partial charge on any atom is 0.341 e. The van der Waals surface area contributed by atoms with E-state index in [9.17, 15) is 9.59 Å². The Kier molecular flexibility index (Phi) is 13.8. The fourth-order valence-corrected chi connectivity index (χ4v) is 1.51. The lowest BCUT2D eigenvalue weighted by Gasteiger charge is -1.98. The molecule has 0 saturated heterocycles. The molecule has 0 heterocycles. The molecule has 22 heavy (non-hydrogen) atoms. The van der Waals surface area contributed by atoms with E-state index >= 15 is 0 Å². The van der Waals surface area contributed by atoms with Gasteiger partial charge in [-0.05, 0) is 32.1 Å². The Labute approximate surface area is 132 Å². The number of aliphatic carboxylic acids is 1. The first-order valence-electron chi connectivity index (χ1n) is 7.64. The molecule has 122 valence electrons. The molecule has 4 heteroatoms. The maximum absolute atomic E-state index is 11.1. The molecule has 0 aliphatic carbocycles. The van der Waals surface area contributed by atoms with E-state index in [0.29, 0.717) is 6.42 Å². The molecule has 0 rings (SSSR count). The van der Waals surface area contributed by atoms with Crippen LogP contribution in [0.2, 0.25) is 0 Å². The molecule has 4 nitrogen and oxygen atoms in total. The summed E-state index contributed by atoms with van der Waals surface area (Å²) in [6.45, 7) is 1.56. The van der Waals surface area contributed by atoms with Crippen molar-refractivity contribution in [2.45, 2.75) is 45.4 Å². The molecule has 0 unspecified atom stereocenters. The Bertz CT molecular complexity index is 417. The first-order valence-corrected chi connectivity index (χ1v) is 7.64. The summed E-state index contributed by atoms with van der Waals surface area (Å²) >= 11 is 0. The molecule has 0 atom stereocenters. The van der Waals surface area contributed by atoms with Crippen LogP contribution in [0, 0.1) is 0 Å². The minimum absolute atomic E-state index is 0.210. The summed E-state index contributed by atoms with van der Waals surface area (Å²) in [5.41, 5.74) is 0. The fraction of sp³-hybridized carbons (Fsp3) is 0.444. The van der Waals surface area contributed by atoms with Crippen LogP contribution in [0.4, 0.5) is 0 Å². The van der Waals surface area contributed by atoms with Gasteiger partial charge in [0.25, 0.3) is 0 Å². The number of esters is 1. The number of ether oxygens (including phenoxy) is 1. The SMILES string of the molecule is CC/C=C\C/C=C\C/C=C\C/C=C\CCC(=O)OCC(=O)O. The maximum atomic E-state index is 11.1. The number of carbonyl (C=O) groups excluding carboxylic acids is 1.